The maximum atomic E-state index is 12.0. The molecule has 102 valence electrons. The van der Waals surface area contributed by atoms with Crippen LogP contribution in [-0.4, -0.2) is 11.6 Å². The molecule has 0 amide bonds. The smallest absolute Gasteiger partial charge is 0.312 e. The first kappa shape index (κ1) is 16.5. The zero-order valence-electron chi connectivity index (χ0n) is 12.6. The van der Waals surface area contributed by atoms with E-state index in [0.717, 1.165) is 12.8 Å². The van der Waals surface area contributed by atoms with Gasteiger partial charge in [0, 0.05) is 0 Å². The molecule has 0 unspecified atom stereocenters. The van der Waals surface area contributed by atoms with Crippen molar-refractivity contribution in [2.45, 2.75) is 85.7 Å². The highest BCUT2D eigenvalue weighted by Crippen LogP contribution is 2.27. The Morgan fingerprint density at radius 1 is 0.941 bits per heavy atom. The second-order valence-corrected chi connectivity index (χ2v) is 6.55. The Morgan fingerprint density at radius 2 is 1.47 bits per heavy atom. The van der Waals surface area contributed by atoms with Gasteiger partial charge in [0.1, 0.15) is 5.60 Å². The minimum absolute atomic E-state index is 0.0690. The molecule has 2 nitrogen and oxygen atoms in total. The molecule has 0 aromatic rings. The largest absolute Gasteiger partial charge is 0.460 e. The van der Waals surface area contributed by atoms with Crippen molar-refractivity contribution < 1.29 is 9.53 Å². The lowest BCUT2D eigenvalue weighted by Crippen LogP contribution is -2.33. The lowest BCUT2D eigenvalue weighted by Gasteiger charge is -2.28. The van der Waals surface area contributed by atoms with Crippen LogP contribution in [0.5, 0.6) is 0 Å². The summed E-state index contributed by atoms with van der Waals surface area (Å²) >= 11 is 0. The molecule has 0 aliphatic heterocycles. The molecule has 0 aromatic heterocycles. The molecule has 0 fully saturated rings. The first-order valence-corrected chi connectivity index (χ1v) is 6.92. The van der Waals surface area contributed by atoms with Crippen molar-refractivity contribution in [3.63, 3.8) is 0 Å². The quantitative estimate of drug-likeness (QED) is 0.477. The summed E-state index contributed by atoms with van der Waals surface area (Å²) in [6.45, 7) is 11.9. The van der Waals surface area contributed by atoms with Crippen molar-refractivity contribution in [2.24, 2.45) is 5.41 Å². The number of hydrogen-bond acceptors (Lipinski definition) is 2. The highest BCUT2D eigenvalue weighted by molar-refractivity contribution is 5.76. The molecule has 0 aliphatic rings. The van der Waals surface area contributed by atoms with Gasteiger partial charge in [-0.25, -0.2) is 0 Å². The average molecular weight is 242 g/mol. The molecular weight excluding hydrogens is 212 g/mol. The van der Waals surface area contributed by atoms with Crippen LogP contribution in [-0.2, 0) is 9.53 Å². The van der Waals surface area contributed by atoms with Gasteiger partial charge in [0.2, 0.25) is 0 Å². The van der Waals surface area contributed by atoms with Crippen LogP contribution < -0.4 is 0 Å². The first-order valence-electron chi connectivity index (χ1n) is 6.92. The van der Waals surface area contributed by atoms with E-state index in [4.69, 9.17) is 4.74 Å². The van der Waals surface area contributed by atoms with E-state index in [1.807, 2.05) is 34.6 Å². The van der Waals surface area contributed by atoms with E-state index in [1.165, 1.54) is 25.7 Å². The molecule has 0 heterocycles. The molecule has 0 aliphatic carbocycles. The van der Waals surface area contributed by atoms with E-state index in [2.05, 4.69) is 6.92 Å². The number of hydrogen-bond donors (Lipinski definition) is 0. The lowest BCUT2D eigenvalue weighted by atomic mass is 9.86. The summed E-state index contributed by atoms with van der Waals surface area (Å²) < 4.78 is 5.44. The number of carbonyl (C=O) groups is 1. The zero-order valence-corrected chi connectivity index (χ0v) is 12.6. The molecule has 0 N–H and O–H groups in total. The Morgan fingerprint density at radius 3 is 1.94 bits per heavy atom. The average Bonchev–Trinajstić information content (AvgIpc) is 2.14. The summed E-state index contributed by atoms with van der Waals surface area (Å²) in [4.78, 5) is 12.0. The molecule has 0 aromatic carbocycles. The van der Waals surface area contributed by atoms with E-state index in [0.29, 0.717) is 0 Å². The van der Waals surface area contributed by atoms with Gasteiger partial charge in [0.15, 0.2) is 0 Å². The van der Waals surface area contributed by atoms with E-state index in [1.54, 1.807) is 0 Å². The van der Waals surface area contributed by atoms with Crippen LogP contribution in [0.3, 0.4) is 0 Å². The van der Waals surface area contributed by atoms with Crippen LogP contribution in [0.1, 0.15) is 80.1 Å². The summed E-state index contributed by atoms with van der Waals surface area (Å²) in [6.07, 6.45) is 7.10. The maximum absolute atomic E-state index is 12.0. The number of ether oxygens (including phenoxy) is 1. The van der Waals surface area contributed by atoms with Crippen LogP contribution in [0.4, 0.5) is 0 Å². The van der Waals surface area contributed by atoms with Crippen molar-refractivity contribution in [1.82, 2.24) is 0 Å². The Labute approximate surface area is 107 Å². The zero-order chi connectivity index (χ0) is 13.5. The summed E-state index contributed by atoms with van der Waals surface area (Å²) in [5.74, 6) is -0.0690. The van der Waals surface area contributed by atoms with Gasteiger partial charge in [-0.15, -0.1) is 0 Å². The predicted molar refractivity (Wildman–Crippen MR) is 73.0 cm³/mol. The molecule has 0 saturated heterocycles. The number of unbranched alkanes of at least 4 members (excludes halogenated alkanes) is 4. The van der Waals surface area contributed by atoms with Gasteiger partial charge >= 0.3 is 5.97 Å². The van der Waals surface area contributed by atoms with Crippen molar-refractivity contribution in [3.8, 4) is 0 Å². The highest BCUT2D eigenvalue weighted by atomic mass is 16.6. The topological polar surface area (TPSA) is 26.3 Å². The van der Waals surface area contributed by atoms with Crippen molar-refractivity contribution >= 4 is 5.97 Å². The Bertz CT molecular complexity index is 224. The number of esters is 1. The van der Waals surface area contributed by atoms with Gasteiger partial charge in [-0.1, -0.05) is 39.0 Å². The first-order chi connectivity index (χ1) is 7.69. The third kappa shape index (κ3) is 8.23. The van der Waals surface area contributed by atoms with E-state index < -0.39 is 0 Å². The summed E-state index contributed by atoms with van der Waals surface area (Å²) in [7, 11) is 0. The maximum Gasteiger partial charge on any atom is 0.312 e. The highest BCUT2D eigenvalue weighted by Gasteiger charge is 2.31. The summed E-state index contributed by atoms with van der Waals surface area (Å²) in [5.41, 5.74) is -0.726. The van der Waals surface area contributed by atoms with Gasteiger partial charge in [0.05, 0.1) is 5.41 Å². The fraction of sp³-hybridized carbons (Fsp3) is 0.933. The molecule has 0 radical (unpaired) electrons. The van der Waals surface area contributed by atoms with E-state index in [9.17, 15) is 4.79 Å². The second kappa shape index (κ2) is 7.03. The second-order valence-electron chi connectivity index (χ2n) is 6.55. The van der Waals surface area contributed by atoms with Crippen LogP contribution in [0, 0.1) is 5.41 Å². The fourth-order valence-corrected chi connectivity index (χ4v) is 1.69. The van der Waals surface area contributed by atoms with E-state index in [-0.39, 0.29) is 17.0 Å². The van der Waals surface area contributed by atoms with Gasteiger partial charge in [-0.3, -0.25) is 4.79 Å². The standard InChI is InChI=1S/C15H30O2/c1-7-8-9-10-11-12-15(5,6)13(16)17-14(2,3)4/h7-12H2,1-6H3. The van der Waals surface area contributed by atoms with Gasteiger partial charge in [-0.2, -0.15) is 0 Å². The molecule has 2 heteroatoms. The monoisotopic (exact) mass is 242 g/mol. The lowest BCUT2D eigenvalue weighted by molar-refractivity contribution is -0.166. The van der Waals surface area contributed by atoms with Gasteiger partial charge in [0.25, 0.3) is 0 Å². The SMILES string of the molecule is CCCCCCCC(C)(C)C(=O)OC(C)(C)C. The predicted octanol–water partition coefficient (Wildman–Crippen LogP) is 4.71. The fourth-order valence-electron chi connectivity index (χ4n) is 1.69. The van der Waals surface area contributed by atoms with Crippen LogP contribution in [0.15, 0.2) is 0 Å². The van der Waals surface area contributed by atoms with Crippen LogP contribution in [0.25, 0.3) is 0 Å². The Balaban J connectivity index is 3.97. The van der Waals surface area contributed by atoms with Crippen LogP contribution in [0.2, 0.25) is 0 Å². The van der Waals surface area contributed by atoms with Crippen molar-refractivity contribution in [1.29, 1.82) is 0 Å². The molecule has 0 spiro atoms. The van der Waals surface area contributed by atoms with Gasteiger partial charge in [-0.05, 0) is 41.0 Å². The summed E-state index contributed by atoms with van der Waals surface area (Å²) in [5, 5.41) is 0. The Hall–Kier alpha value is -0.530. The summed E-state index contributed by atoms with van der Waals surface area (Å²) in [6, 6.07) is 0. The van der Waals surface area contributed by atoms with Crippen LogP contribution >= 0.6 is 0 Å². The van der Waals surface area contributed by atoms with Gasteiger partial charge < -0.3 is 4.74 Å². The Kier molecular flexibility index (Phi) is 6.81. The minimum atomic E-state index is -0.378. The molecule has 0 bridgehead atoms. The number of carbonyl (C=O) groups excluding carboxylic acids is 1. The minimum Gasteiger partial charge on any atom is -0.460 e. The van der Waals surface area contributed by atoms with Crippen molar-refractivity contribution in [3.05, 3.63) is 0 Å². The van der Waals surface area contributed by atoms with E-state index >= 15 is 0 Å². The molecule has 0 rings (SSSR count). The normalized spacial score (nSPS) is 12.6. The third-order valence-electron chi connectivity index (χ3n) is 2.86. The molecule has 0 atom stereocenters. The third-order valence-corrected chi connectivity index (χ3v) is 2.86. The van der Waals surface area contributed by atoms with Crippen molar-refractivity contribution in [2.75, 3.05) is 0 Å². The molecular formula is C15H30O2. The molecule has 17 heavy (non-hydrogen) atoms. The molecule has 0 saturated carbocycles. The number of rotatable bonds is 7.